The number of hydrogen-bond acceptors (Lipinski definition) is 3. The molecule has 0 aliphatic rings. The third kappa shape index (κ3) is 2.35. The second-order valence-electron chi connectivity index (χ2n) is 3.77. The van der Waals surface area contributed by atoms with Gasteiger partial charge in [0.15, 0.2) is 0 Å². The van der Waals surface area contributed by atoms with Crippen LogP contribution in [0.4, 0.5) is 13.2 Å². The van der Waals surface area contributed by atoms with Crippen molar-refractivity contribution >= 4 is 5.97 Å². The smallest absolute Gasteiger partial charge is 0.416 e. The molecule has 1 aromatic carbocycles. The minimum absolute atomic E-state index is 0.363. The molecule has 7 nitrogen and oxygen atoms in total. The molecule has 1 heterocycles. The predicted molar refractivity (Wildman–Crippen MR) is 59.0 cm³/mol. The number of H-pyrrole nitrogens is 2. The van der Waals surface area contributed by atoms with Crippen molar-refractivity contribution in [1.29, 1.82) is 0 Å². The Hall–Kier alpha value is -2.78. The Morgan fingerprint density at radius 2 is 1.65 bits per heavy atom. The SMILES string of the molecule is O=C(O)c1cc(-n2c(=O)[nH][nH]c2=O)cc(C(F)(F)F)c1. The Morgan fingerprint density at radius 1 is 1.10 bits per heavy atom. The van der Waals surface area contributed by atoms with E-state index in [0.29, 0.717) is 16.7 Å². The van der Waals surface area contributed by atoms with Crippen LogP contribution in [-0.4, -0.2) is 25.8 Å². The molecule has 2 rings (SSSR count). The fourth-order valence-corrected chi connectivity index (χ4v) is 1.57. The summed E-state index contributed by atoms with van der Waals surface area (Å²) in [5, 5.41) is 12.6. The van der Waals surface area contributed by atoms with Gasteiger partial charge < -0.3 is 5.11 Å². The van der Waals surface area contributed by atoms with Crippen LogP contribution >= 0.6 is 0 Å². The lowest BCUT2D eigenvalue weighted by Gasteiger charge is -2.10. The minimum Gasteiger partial charge on any atom is -0.478 e. The van der Waals surface area contributed by atoms with Crippen molar-refractivity contribution in [1.82, 2.24) is 14.8 Å². The van der Waals surface area contributed by atoms with Crippen molar-refractivity contribution in [2.24, 2.45) is 0 Å². The Bertz CT molecular complexity index is 757. The number of hydrogen-bond donors (Lipinski definition) is 3. The number of nitrogens with zero attached hydrogens (tertiary/aromatic N) is 1. The van der Waals surface area contributed by atoms with Crippen molar-refractivity contribution in [3.63, 3.8) is 0 Å². The van der Waals surface area contributed by atoms with E-state index in [2.05, 4.69) is 0 Å². The van der Waals surface area contributed by atoms with E-state index in [1.54, 1.807) is 0 Å². The Morgan fingerprint density at radius 3 is 2.10 bits per heavy atom. The van der Waals surface area contributed by atoms with Crippen molar-refractivity contribution in [3.05, 3.63) is 50.3 Å². The second-order valence-corrected chi connectivity index (χ2v) is 3.77. The van der Waals surface area contributed by atoms with Gasteiger partial charge in [0.05, 0.1) is 16.8 Å². The summed E-state index contributed by atoms with van der Waals surface area (Å²) in [4.78, 5) is 33.5. The van der Waals surface area contributed by atoms with E-state index in [4.69, 9.17) is 5.11 Å². The molecule has 0 unspecified atom stereocenters. The number of benzene rings is 1. The number of alkyl halides is 3. The first-order chi connectivity index (χ1) is 9.20. The first kappa shape index (κ1) is 13.6. The molecule has 2 aromatic rings. The summed E-state index contributed by atoms with van der Waals surface area (Å²) in [5.74, 6) is -1.61. The molecule has 0 amide bonds. The molecule has 3 N–H and O–H groups in total. The van der Waals surface area contributed by atoms with Gasteiger partial charge in [-0.1, -0.05) is 0 Å². The van der Waals surface area contributed by atoms with Crippen LogP contribution in [0.25, 0.3) is 5.69 Å². The van der Waals surface area contributed by atoms with E-state index >= 15 is 0 Å². The van der Waals surface area contributed by atoms with E-state index in [0.717, 1.165) is 6.07 Å². The van der Waals surface area contributed by atoms with Gasteiger partial charge in [-0.25, -0.2) is 29.1 Å². The molecule has 0 saturated carbocycles. The van der Waals surface area contributed by atoms with Gasteiger partial charge in [-0.05, 0) is 18.2 Å². The zero-order valence-corrected chi connectivity index (χ0v) is 9.49. The Kier molecular flexibility index (Phi) is 3.00. The number of aromatic nitrogens is 3. The number of carbonyl (C=O) groups is 1. The van der Waals surface area contributed by atoms with Gasteiger partial charge in [0.1, 0.15) is 0 Å². The highest BCUT2D eigenvalue weighted by molar-refractivity contribution is 5.88. The third-order valence-electron chi connectivity index (χ3n) is 2.43. The van der Waals surface area contributed by atoms with E-state index in [1.165, 1.54) is 0 Å². The Balaban J connectivity index is 2.78. The van der Waals surface area contributed by atoms with Crippen LogP contribution in [-0.2, 0) is 6.18 Å². The quantitative estimate of drug-likeness (QED) is 0.751. The normalized spacial score (nSPS) is 11.6. The standard InChI is InChI=1S/C10H6F3N3O4/c11-10(12,13)5-1-4(7(17)18)2-6(3-5)16-8(19)14-15-9(16)20/h1-3H,(H,14,19)(H,15,20)(H,17,18). The van der Waals surface area contributed by atoms with Gasteiger partial charge in [-0.3, -0.25) is 0 Å². The predicted octanol–water partition coefficient (Wildman–Crippen LogP) is 0.571. The lowest BCUT2D eigenvalue weighted by atomic mass is 10.1. The van der Waals surface area contributed by atoms with Crippen LogP contribution in [0.3, 0.4) is 0 Å². The molecule has 0 fully saturated rings. The highest BCUT2D eigenvalue weighted by atomic mass is 19.4. The topological polar surface area (TPSA) is 108 Å². The summed E-state index contributed by atoms with van der Waals surface area (Å²) in [7, 11) is 0. The number of carboxylic acid groups (broad SMARTS) is 1. The van der Waals surface area contributed by atoms with E-state index in [9.17, 15) is 27.6 Å². The van der Waals surface area contributed by atoms with E-state index in [1.807, 2.05) is 10.2 Å². The highest BCUT2D eigenvalue weighted by Gasteiger charge is 2.32. The molecule has 20 heavy (non-hydrogen) atoms. The van der Waals surface area contributed by atoms with E-state index in [-0.39, 0.29) is 0 Å². The van der Waals surface area contributed by atoms with Crippen molar-refractivity contribution in [2.75, 3.05) is 0 Å². The van der Waals surface area contributed by atoms with E-state index < -0.39 is 40.3 Å². The average molecular weight is 289 g/mol. The summed E-state index contributed by atoms with van der Waals surface area (Å²) in [6.45, 7) is 0. The summed E-state index contributed by atoms with van der Waals surface area (Å²) in [6, 6.07) is 1.72. The van der Waals surface area contributed by atoms with Crippen LogP contribution in [0.15, 0.2) is 27.8 Å². The first-order valence-electron chi connectivity index (χ1n) is 5.06. The molecule has 0 saturated heterocycles. The average Bonchev–Trinajstić information content (AvgIpc) is 2.67. The summed E-state index contributed by atoms with van der Waals surface area (Å²) in [6.07, 6.45) is -4.81. The van der Waals surface area contributed by atoms with Crippen molar-refractivity contribution in [3.8, 4) is 5.69 Å². The molecule has 0 bridgehead atoms. The number of rotatable bonds is 2. The summed E-state index contributed by atoms with van der Waals surface area (Å²) in [5.41, 5.74) is -4.48. The number of aromatic amines is 2. The highest BCUT2D eigenvalue weighted by Crippen LogP contribution is 2.31. The van der Waals surface area contributed by atoms with Gasteiger partial charge in [-0.15, -0.1) is 0 Å². The van der Waals surface area contributed by atoms with Gasteiger partial charge >= 0.3 is 23.5 Å². The molecular formula is C10H6F3N3O4. The molecular weight excluding hydrogens is 283 g/mol. The maximum Gasteiger partial charge on any atom is 0.416 e. The number of nitrogens with one attached hydrogen (secondary N) is 2. The van der Waals surface area contributed by atoms with Crippen LogP contribution in [0.5, 0.6) is 0 Å². The lowest BCUT2D eigenvalue weighted by Crippen LogP contribution is -2.25. The molecule has 0 atom stereocenters. The molecule has 0 spiro atoms. The minimum atomic E-state index is -4.81. The summed E-state index contributed by atoms with van der Waals surface area (Å²) < 4.78 is 38.4. The number of carboxylic acids is 1. The monoisotopic (exact) mass is 289 g/mol. The molecule has 0 aliphatic carbocycles. The number of halogens is 3. The van der Waals surface area contributed by atoms with Crippen LogP contribution in [0, 0.1) is 0 Å². The molecule has 106 valence electrons. The van der Waals surface area contributed by atoms with Gasteiger partial charge in [0.2, 0.25) is 0 Å². The lowest BCUT2D eigenvalue weighted by molar-refractivity contribution is -0.137. The maximum atomic E-state index is 12.7. The second kappa shape index (κ2) is 4.40. The Labute approximate surface area is 107 Å². The van der Waals surface area contributed by atoms with Crippen LogP contribution in [0.1, 0.15) is 15.9 Å². The van der Waals surface area contributed by atoms with Crippen molar-refractivity contribution < 1.29 is 23.1 Å². The van der Waals surface area contributed by atoms with Gasteiger partial charge in [0, 0.05) is 0 Å². The summed E-state index contributed by atoms with van der Waals surface area (Å²) >= 11 is 0. The van der Waals surface area contributed by atoms with Crippen LogP contribution in [0.2, 0.25) is 0 Å². The molecule has 10 heteroatoms. The third-order valence-corrected chi connectivity index (χ3v) is 2.43. The fraction of sp³-hybridized carbons (Fsp3) is 0.100. The molecule has 0 aliphatic heterocycles. The van der Waals surface area contributed by atoms with Crippen molar-refractivity contribution in [2.45, 2.75) is 6.18 Å². The zero-order chi connectivity index (χ0) is 15.1. The maximum absolute atomic E-state index is 12.7. The van der Waals surface area contributed by atoms with Gasteiger partial charge in [-0.2, -0.15) is 13.2 Å². The fourth-order valence-electron chi connectivity index (χ4n) is 1.57. The molecule has 0 radical (unpaired) electrons. The zero-order valence-electron chi connectivity index (χ0n) is 9.49. The largest absolute Gasteiger partial charge is 0.478 e. The van der Waals surface area contributed by atoms with Gasteiger partial charge in [0.25, 0.3) is 0 Å². The van der Waals surface area contributed by atoms with Crippen LogP contribution < -0.4 is 11.4 Å². The molecule has 1 aromatic heterocycles. The number of aromatic carboxylic acids is 1. The first-order valence-corrected chi connectivity index (χ1v) is 5.06.